The summed E-state index contributed by atoms with van der Waals surface area (Å²) in [6.07, 6.45) is 12.0. The first-order chi connectivity index (χ1) is 17.2. The highest BCUT2D eigenvalue weighted by atomic mass is 15.1. The summed E-state index contributed by atoms with van der Waals surface area (Å²) in [7, 11) is 0. The topological polar surface area (TPSA) is 72.9 Å². The number of likely N-dealkylation sites (tertiary alicyclic amines) is 1. The van der Waals surface area contributed by atoms with Crippen molar-refractivity contribution in [1.82, 2.24) is 24.4 Å². The van der Waals surface area contributed by atoms with Crippen molar-refractivity contribution in [3.63, 3.8) is 0 Å². The molecule has 0 amide bonds. The Kier molecular flexibility index (Phi) is 5.66. The molecule has 6 rings (SSSR count). The molecule has 1 atom stereocenters. The number of benzene rings is 1. The lowest BCUT2D eigenvalue weighted by atomic mass is 9.97. The van der Waals surface area contributed by atoms with Crippen molar-refractivity contribution in [3.05, 3.63) is 84.2 Å². The van der Waals surface area contributed by atoms with Gasteiger partial charge in [-0.3, -0.25) is 9.47 Å². The van der Waals surface area contributed by atoms with Crippen LogP contribution in [0.15, 0.2) is 73.0 Å². The summed E-state index contributed by atoms with van der Waals surface area (Å²) in [5, 5.41) is 0. The predicted molar refractivity (Wildman–Crippen MR) is 142 cm³/mol. The Morgan fingerprint density at radius 2 is 1.83 bits per heavy atom. The second-order valence-corrected chi connectivity index (χ2v) is 9.63. The molecule has 0 bridgehead atoms. The Morgan fingerprint density at radius 3 is 2.57 bits per heavy atom. The molecule has 35 heavy (non-hydrogen) atoms. The maximum atomic E-state index is 6.29. The molecule has 1 aliphatic heterocycles. The smallest absolute Gasteiger partial charge is 0.165 e. The molecule has 2 aliphatic rings. The summed E-state index contributed by atoms with van der Waals surface area (Å²) in [5.41, 5.74) is 13.2. The van der Waals surface area contributed by atoms with Gasteiger partial charge in [-0.25, -0.2) is 15.0 Å². The van der Waals surface area contributed by atoms with Gasteiger partial charge in [-0.05, 0) is 85.8 Å². The number of rotatable bonds is 5. The van der Waals surface area contributed by atoms with Crippen molar-refractivity contribution in [2.45, 2.75) is 32.7 Å². The minimum atomic E-state index is 0.460. The molecule has 0 radical (unpaired) electrons. The van der Waals surface area contributed by atoms with Crippen LogP contribution in [0, 0.1) is 5.92 Å². The quantitative estimate of drug-likeness (QED) is 0.415. The number of imidazole rings is 1. The van der Waals surface area contributed by atoms with Gasteiger partial charge in [0.2, 0.25) is 0 Å². The molecule has 4 heterocycles. The van der Waals surface area contributed by atoms with E-state index in [-0.39, 0.29) is 0 Å². The van der Waals surface area contributed by atoms with Crippen LogP contribution in [-0.2, 0) is 6.54 Å². The van der Waals surface area contributed by atoms with E-state index in [0.717, 1.165) is 52.5 Å². The van der Waals surface area contributed by atoms with Crippen LogP contribution in [0.25, 0.3) is 33.8 Å². The second kappa shape index (κ2) is 9.12. The van der Waals surface area contributed by atoms with Crippen molar-refractivity contribution >= 4 is 22.6 Å². The minimum Gasteiger partial charge on any atom is -0.383 e. The number of aromatic nitrogens is 4. The molecule has 1 saturated heterocycles. The molecule has 2 N–H and O–H groups in total. The number of hydrogen-bond acceptors (Lipinski definition) is 5. The van der Waals surface area contributed by atoms with E-state index in [1.54, 1.807) is 6.20 Å². The Morgan fingerprint density at radius 1 is 1.00 bits per heavy atom. The number of hydrogen-bond donors (Lipinski definition) is 1. The summed E-state index contributed by atoms with van der Waals surface area (Å²) < 4.78 is 2.11. The van der Waals surface area contributed by atoms with Gasteiger partial charge in [0.1, 0.15) is 11.3 Å². The normalized spacial score (nSPS) is 18.3. The number of fused-ring (bicyclic) bond motifs is 1. The number of nitrogens with zero attached hydrogens (tertiary/aromatic N) is 5. The van der Waals surface area contributed by atoms with E-state index >= 15 is 0 Å². The van der Waals surface area contributed by atoms with Crippen LogP contribution in [0.1, 0.15) is 37.4 Å². The Hall–Kier alpha value is -3.77. The monoisotopic (exact) mass is 462 g/mol. The van der Waals surface area contributed by atoms with Crippen LogP contribution in [0.5, 0.6) is 0 Å². The first-order valence-electron chi connectivity index (χ1n) is 12.5. The van der Waals surface area contributed by atoms with Crippen molar-refractivity contribution in [3.8, 4) is 17.1 Å². The average Bonchev–Trinajstić information content (AvgIpc) is 3.53. The average molecular weight is 463 g/mol. The fourth-order valence-electron chi connectivity index (χ4n) is 5.02. The SMILES string of the molecule is CC1C=CC(c2ccc3nc(-c4cccnc4N)n(-c4ccc(CN5CCCC5)cc4)c3n2)=CC1. The van der Waals surface area contributed by atoms with E-state index < -0.39 is 0 Å². The molecule has 176 valence electrons. The molecule has 4 aromatic rings. The van der Waals surface area contributed by atoms with E-state index in [4.69, 9.17) is 15.7 Å². The predicted octanol–water partition coefficient (Wildman–Crippen LogP) is 5.64. The highest BCUT2D eigenvalue weighted by Crippen LogP contribution is 2.32. The first-order valence-corrected chi connectivity index (χ1v) is 12.5. The van der Waals surface area contributed by atoms with Crippen LogP contribution in [-0.4, -0.2) is 37.5 Å². The zero-order valence-electron chi connectivity index (χ0n) is 20.1. The van der Waals surface area contributed by atoms with Crippen molar-refractivity contribution in [2.24, 2.45) is 5.92 Å². The molecular weight excluding hydrogens is 432 g/mol. The maximum absolute atomic E-state index is 6.29. The van der Waals surface area contributed by atoms with E-state index in [1.165, 1.54) is 31.5 Å². The Labute approximate surface area is 205 Å². The minimum absolute atomic E-state index is 0.460. The van der Waals surface area contributed by atoms with Crippen LogP contribution in [0.4, 0.5) is 5.82 Å². The van der Waals surface area contributed by atoms with Gasteiger partial charge in [-0.1, -0.05) is 37.3 Å². The molecule has 1 aliphatic carbocycles. The maximum Gasteiger partial charge on any atom is 0.165 e. The molecule has 3 aromatic heterocycles. The lowest BCUT2D eigenvalue weighted by molar-refractivity contribution is 0.331. The molecule has 1 aromatic carbocycles. The molecular formula is C29H30N6. The second-order valence-electron chi connectivity index (χ2n) is 9.63. The van der Waals surface area contributed by atoms with Crippen molar-refractivity contribution in [2.75, 3.05) is 18.8 Å². The van der Waals surface area contributed by atoms with Gasteiger partial charge < -0.3 is 5.73 Å². The van der Waals surface area contributed by atoms with Gasteiger partial charge in [0.15, 0.2) is 11.5 Å². The summed E-state index contributed by atoms with van der Waals surface area (Å²) >= 11 is 0. The number of pyridine rings is 2. The molecule has 6 heteroatoms. The summed E-state index contributed by atoms with van der Waals surface area (Å²) in [4.78, 5) is 16.9. The lowest BCUT2D eigenvalue weighted by Crippen LogP contribution is -2.18. The van der Waals surface area contributed by atoms with E-state index in [2.05, 4.69) is 76.0 Å². The molecule has 1 unspecified atom stereocenters. The highest BCUT2D eigenvalue weighted by molar-refractivity contribution is 5.85. The van der Waals surface area contributed by atoms with Gasteiger partial charge in [0.05, 0.1) is 11.3 Å². The van der Waals surface area contributed by atoms with Crippen molar-refractivity contribution in [1.29, 1.82) is 0 Å². The van der Waals surface area contributed by atoms with Gasteiger partial charge in [-0.2, -0.15) is 0 Å². The standard InChI is InChI=1S/C29H30N6/c1-20-6-10-22(11-7-20)25-14-15-26-29(32-25)35(28(33-26)24-5-4-16-31-27(24)30)23-12-8-21(9-13-23)19-34-17-2-3-18-34/h4-6,8-16,20H,2-3,7,17-19H2,1H3,(H2,30,31). The zero-order chi connectivity index (χ0) is 23.8. The van der Waals surface area contributed by atoms with E-state index in [0.29, 0.717) is 11.7 Å². The van der Waals surface area contributed by atoms with Crippen LogP contribution < -0.4 is 5.73 Å². The fourth-order valence-corrected chi connectivity index (χ4v) is 5.02. The lowest BCUT2D eigenvalue weighted by Gasteiger charge is -2.16. The highest BCUT2D eigenvalue weighted by Gasteiger charge is 2.19. The Bertz CT molecular complexity index is 1420. The van der Waals surface area contributed by atoms with Gasteiger partial charge in [0.25, 0.3) is 0 Å². The summed E-state index contributed by atoms with van der Waals surface area (Å²) in [6, 6.07) is 16.7. The van der Waals surface area contributed by atoms with Crippen LogP contribution >= 0.6 is 0 Å². The Balaban J connectivity index is 1.47. The van der Waals surface area contributed by atoms with Gasteiger partial charge in [-0.15, -0.1) is 0 Å². The largest absolute Gasteiger partial charge is 0.383 e. The summed E-state index contributed by atoms with van der Waals surface area (Å²) in [6.45, 7) is 5.60. The number of allylic oxidation sites excluding steroid dienone is 4. The van der Waals surface area contributed by atoms with Crippen molar-refractivity contribution < 1.29 is 0 Å². The molecule has 1 fully saturated rings. The number of anilines is 1. The zero-order valence-corrected chi connectivity index (χ0v) is 20.1. The molecule has 0 spiro atoms. The summed E-state index contributed by atoms with van der Waals surface area (Å²) in [5.74, 6) is 1.78. The van der Waals surface area contributed by atoms with E-state index in [9.17, 15) is 0 Å². The molecule has 6 nitrogen and oxygen atoms in total. The number of nitrogen functional groups attached to an aromatic ring is 1. The number of nitrogens with two attached hydrogens (primary N) is 1. The third kappa shape index (κ3) is 4.26. The van der Waals surface area contributed by atoms with Crippen LogP contribution in [0.3, 0.4) is 0 Å². The fraction of sp³-hybridized carbons (Fsp3) is 0.276. The third-order valence-corrected chi connectivity index (χ3v) is 6.99. The van der Waals surface area contributed by atoms with Gasteiger partial charge >= 0.3 is 0 Å². The first kappa shape index (κ1) is 21.7. The van der Waals surface area contributed by atoms with E-state index in [1.807, 2.05) is 12.1 Å². The third-order valence-electron chi connectivity index (χ3n) is 6.99. The van der Waals surface area contributed by atoms with Crippen LogP contribution in [0.2, 0.25) is 0 Å². The van der Waals surface area contributed by atoms with Gasteiger partial charge in [0, 0.05) is 18.4 Å². The molecule has 0 saturated carbocycles.